The van der Waals surface area contributed by atoms with Crippen LogP contribution in [-0.4, -0.2) is 60.7 Å². The molecule has 1 aromatic carbocycles. The molecular formula is C26H34N4O3. The summed E-state index contributed by atoms with van der Waals surface area (Å²) in [7, 11) is 1.68. The van der Waals surface area contributed by atoms with Crippen molar-refractivity contribution >= 4 is 11.7 Å². The van der Waals surface area contributed by atoms with Crippen molar-refractivity contribution in [3.63, 3.8) is 0 Å². The van der Waals surface area contributed by atoms with Crippen molar-refractivity contribution in [1.82, 2.24) is 14.9 Å². The molecule has 2 fully saturated rings. The molecule has 3 aliphatic rings. The van der Waals surface area contributed by atoms with Gasteiger partial charge in [-0.05, 0) is 30.5 Å². The molecule has 1 aromatic heterocycles. The van der Waals surface area contributed by atoms with Crippen LogP contribution in [0.5, 0.6) is 5.75 Å². The van der Waals surface area contributed by atoms with Crippen LogP contribution in [0.4, 0.5) is 5.82 Å². The minimum absolute atomic E-state index is 0.197. The highest BCUT2D eigenvalue weighted by molar-refractivity contribution is 5.79. The van der Waals surface area contributed by atoms with E-state index >= 15 is 0 Å². The van der Waals surface area contributed by atoms with E-state index in [4.69, 9.17) is 19.4 Å². The SMILES string of the molecule is COc1ccc(Cc2nc3c(c(N4CCOCC4)n2)CN(C(=O)C2CCCCC2)CC3)cc1. The quantitative estimate of drug-likeness (QED) is 0.696. The first kappa shape index (κ1) is 22.1. The number of anilines is 1. The number of fused-ring (bicyclic) bond motifs is 1. The monoisotopic (exact) mass is 450 g/mol. The molecule has 0 atom stereocenters. The van der Waals surface area contributed by atoms with Gasteiger partial charge >= 0.3 is 0 Å². The van der Waals surface area contributed by atoms with Crippen LogP contribution in [-0.2, 0) is 28.9 Å². The van der Waals surface area contributed by atoms with Gasteiger partial charge in [-0.3, -0.25) is 4.79 Å². The number of hydrogen-bond donors (Lipinski definition) is 0. The van der Waals surface area contributed by atoms with E-state index in [1.165, 1.54) is 19.3 Å². The summed E-state index contributed by atoms with van der Waals surface area (Å²) in [6.07, 6.45) is 7.17. The van der Waals surface area contributed by atoms with Crippen molar-refractivity contribution in [2.24, 2.45) is 5.92 Å². The average Bonchev–Trinajstić information content (AvgIpc) is 2.89. The molecule has 2 aromatic rings. The number of rotatable bonds is 5. The largest absolute Gasteiger partial charge is 0.497 e. The van der Waals surface area contributed by atoms with Crippen molar-refractivity contribution in [2.45, 2.75) is 51.5 Å². The molecule has 0 unspecified atom stereocenters. The molecule has 176 valence electrons. The Kier molecular flexibility index (Phi) is 6.76. The number of amides is 1. The maximum atomic E-state index is 13.3. The van der Waals surface area contributed by atoms with Gasteiger partial charge in [0, 0.05) is 44.0 Å². The lowest BCUT2D eigenvalue weighted by Gasteiger charge is -2.36. The van der Waals surface area contributed by atoms with Crippen LogP contribution in [0, 0.1) is 5.92 Å². The summed E-state index contributed by atoms with van der Waals surface area (Å²) in [5.41, 5.74) is 3.39. The minimum Gasteiger partial charge on any atom is -0.497 e. The number of morpholine rings is 1. The summed E-state index contributed by atoms with van der Waals surface area (Å²) in [6, 6.07) is 8.10. The van der Waals surface area contributed by atoms with Gasteiger partial charge in [0.15, 0.2) is 0 Å². The van der Waals surface area contributed by atoms with E-state index in [0.717, 1.165) is 73.1 Å². The molecular weight excluding hydrogens is 416 g/mol. The zero-order valence-electron chi connectivity index (χ0n) is 19.6. The molecule has 0 radical (unpaired) electrons. The number of nitrogens with zero attached hydrogens (tertiary/aromatic N) is 4. The fourth-order valence-corrected chi connectivity index (χ4v) is 5.28. The molecule has 7 heteroatoms. The number of aromatic nitrogens is 2. The second-order valence-corrected chi connectivity index (χ2v) is 9.36. The smallest absolute Gasteiger partial charge is 0.225 e. The number of benzene rings is 1. The second kappa shape index (κ2) is 10.1. The molecule has 2 aliphatic heterocycles. The zero-order valence-corrected chi connectivity index (χ0v) is 19.6. The lowest BCUT2D eigenvalue weighted by atomic mass is 9.87. The predicted molar refractivity (Wildman–Crippen MR) is 127 cm³/mol. The summed E-state index contributed by atoms with van der Waals surface area (Å²) in [6.45, 7) is 4.43. The summed E-state index contributed by atoms with van der Waals surface area (Å²) in [4.78, 5) is 27.7. The molecule has 1 saturated heterocycles. The highest BCUT2D eigenvalue weighted by Crippen LogP contribution is 2.31. The highest BCUT2D eigenvalue weighted by atomic mass is 16.5. The van der Waals surface area contributed by atoms with E-state index in [1.54, 1.807) is 7.11 Å². The van der Waals surface area contributed by atoms with Crippen LogP contribution < -0.4 is 9.64 Å². The fraction of sp³-hybridized carbons (Fsp3) is 0.577. The first-order chi connectivity index (χ1) is 16.2. The molecule has 0 bridgehead atoms. The van der Waals surface area contributed by atoms with Crippen molar-refractivity contribution in [2.75, 3.05) is 44.9 Å². The maximum absolute atomic E-state index is 13.3. The first-order valence-electron chi connectivity index (χ1n) is 12.3. The van der Waals surface area contributed by atoms with E-state index < -0.39 is 0 Å². The Labute approximate surface area is 196 Å². The van der Waals surface area contributed by atoms with Gasteiger partial charge < -0.3 is 19.3 Å². The first-order valence-corrected chi connectivity index (χ1v) is 12.3. The van der Waals surface area contributed by atoms with Crippen molar-refractivity contribution in [1.29, 1.82) is 0 Å². The van der Waals surface area contributed by atoms with Gasteiger partial charge in [0.05, 0.1) is 32.6 Å². The molecule has 7 nitrogen and oxygen atoms in total. The summed E-state index contributed by atoms with van der Waals surface area (Å²) < 4.78 is 10.9. The minimum atomic E-state index is 0.197. The third-order valence-corrected chi connectivity index (χ3v) is 7.18. The number of hydrogen-bond acceptors (Lipinski definition) is 6. The van der Waals surface area contributed by atoms with Gasteiger partial charge in [0.25, 0.3) is 0 Å². The van der Waals surface area contributed by atoms with Crippen LogP contribution in [0.3, 0.4) is 0 Å². The van der Waals surface area contributed by atoms with Crippen molar-refractivity contribution < 1.29 is 14.3 Å². The maximum Gasteiger partial charge on any atom is 0.225 e. The second-order valence-electron chi connectivity index (χ2n) is 9.36. The Hall–Kier alpha value is -2.67. The zero-order chi connectivity index (χ0) is 22.6. The van der Waals surface area contributed by atoms with E-state index in [9.17, 15) is 4.79 Å². The van der Waals surface area contributed by atoms with Gasteiger partial charge in [-0.15, -0.1) is 0 Å². The third kappa shape index (κ3) is 4.98. The Balaban J connectivity index is 1.41. The Morgan fingerprint density at radius 1 is 1.06 bits per heavy atom. The van der Waals surface area contributed by atoms with Crippen LogP contribution in [0.1, 0.15) is 54.7 Å². The average molecular weight is 451 g/mol. The van der Waals surface area contributed by atoms with Crippen molar-refractivity contribution in [3.8, 4) is 5.75 Å². The molecule has 3 heterocycles. The highest BCUT2D eigenvalue weighted by Gasteiger charge is 2.32. The third-order valence-electron chi connectivity index (χ3n) is 7.18. The number of methoxy groups -OCH3 is 1. The standard InChI is InChI=1S/C26H34N4O3/c1-32-21-9-7-19(8-10-21)17-24-27-23-11-12-30(26(31)20-5-3-2-4-6-20)18-22(23)25(28-24)29-13-15-33-16-14-29/h7-10,20H,2-6,11-18H2,1H3. The number of carbonyl (C=O) groups excluding carboxylic acids is 1. The van der Waals surface area contributed by atoms with Gasteiger partial charge in [-0.25, -0.2) is 9.97 Å². The molecule has 33 heavy (non-hydrogen) atoms. The van der Waals surface area contributed by atoms with E-state index in [-0.39, 0.29) is 5.92 Å². The number of carbonyl (C=O) groups is 1. The molecule has 0 spiro atoms. The lowest BCUT2D eigenvalue weighted by Crippen LogP contribution is -2.43. The van der Waals surface area contributed by atoms with Gasteiger partial charge in [-0.1, -0.05) is 31.4 Å². The van der Waals surface area contributed by atoms with E-state index in [1.807, 2.05) is 12.1 Å². The number of ether oxygens (including phenoxy) is 2. The summed E-state index contributed by atoms with van der Waals surface area (Å²) in [5.74, 6) is 3.21. The molecule has 1 saturated carbocycles. The van der Waals surface area contributed by atoms with Crippen molar-refractivity contribution in [3.05, 3.63) is 46.9 Å². The van der Waals surface area contributed by atoms with Crippen LogP contribution in [0.15, 0.2) is 24.3 Å². The fourth-order valence-electron chi connectivity index (χ4n) is 5.28. The van der Waals surface area contributed by atoms with Gasteiger partial charge in [0.2, 0.25) is 5.91 Å². The Morgan fingerprint density at radius 3 is 2.55 bits per heavy atom. The Morgan fingerprint density at radius 2 is 1.82 bits per heavy atom. The molecule has 1 amide bonds. The molecule has 1 aliphatic carbocycles. The summed E-state index contributed by atoms with van der Waals surface area (Å²) in [5, 5.41) is 0. The van der Waals surface area contributed by atoms with Gasteiger partial charge in [0.1, 0.15) is 17.4 Å². The van der Waals surface area contributed by atoms with Crippen LogP contribution in [0.25, 0.3) is 0 Å². The molecule has 0 N–H and O–H groups in total. The van der Waals surface area contributed by atoms with E-state index in [2.05, 4.69) is 21.9 Å². The van der Waals surface area contributed by atoms with E-state index in [0.29, 0.717) is 32.1 Å². The van der Waals surface area contributed by atoms with Gasteiger partial charge in [-0.2, -0.15) is 0 Å². The summed E-state index contributed by atoms with van der Waals surface area (Å²) >= 11 is 0. The van der Waals surface area contributed by atoms with Crippen LogP contribution >= 0.6 is 0 Å². The molecule has 5 rings (SSSR count). The lowest BCUT2D eigenvalue weighted by molar-refractivity contribution is -0.137. The Bertz CT molecular complexity index is 966. The topological polar surface area (TPSA) is 67.8 Å². The normalized spacial score (nSPS) is 19.3. The van der Waals surface area contributed by atoms with Crippen LogP contribution in [0.2, 0.25) is 0 Å². The predicted octanol–water partition coefficient (Wildman–Crippen LogP) is 3.38.